The van der Waals surface area contributed by atoms with Crippen molar-refractivity contribution in [3.8, 4) is 5.75 Å². The minimum absolute atomic E-state index is 0.234. The zero-order valence-corrected chi connectivity index (χ0v) is 23.9. The maximum Gasteiger partial charge on any atom is 0.246 e. The highest BCUT2D eigenvalue weighted by molar-refractivity contribution is 7.09. The Morgan fingerprint density at radius 1 is 0.951 bits per heavy atom. The average Bonchev–Trinajstić information content (AvgIpc) is 3.74. The molecule has 2 N–H and O–H groups in total. The number of rotatable bonds is 10. The first kappa shape index (κ1) is 27.2. The largest absolute Gasteiger partial charge is 0.497 e. The van der Waals surface area contributed by atoms with Crippen LogP contribution in [0.25, 0.3) is 0 Å². The van der Waals surface area contributed by atoms with Crippen LogP contribution in [0, 0.1) is 11.8 Å². The molecule has 1 aromatic heterocycles. The fourth-order valence-electron chi connectivity index (χ4n) is 6.49. The van der Waals surface area contributed by atoms with E-state index in [1.807, 2.05) is 91.2 Å². The number of amides is 3. The third kappa shape index (κ3) is 4.83. The molecule has 3 aliphatic rings. The number of hydrogen-bond acceptors (Lipinski definition) is 6. The molecular weight excluding hydrogens is 538 g/mol. The predicted octanol–water partition coefficient (Wildman–Crippen LogP) is 3.47. The topological polar surface area (TPSA) is 97.0 Å². The summed E-state index contributed by atoms with van der Waals surface area (Å²) in [5.41, 5.74) is -0.249. The van der Waals surface area contributed by atoms with Gasteiger partial charge >= 0.3 is 0 Å². The molecule has 3 amide bonds. The van der Waals surface area contributed by atoms with Crippen molar-refractivity contribution < 1.29 is 23.9 Å². The third-order valence-corrected chi connectivity index (χ3v) is 9.33. The molecular formula is C32H33N3O5S. The molecule has 2 fully saturated rings. The number of carbonyl (C=O) groups excluding carboxylic acids is 3. The van der Waals surface area contributed by atoms with Crippen molar-refractivity contribution in [1.29, 1.82) is 0 Å². The second-order valence-corrected chi connectivity index (χ2v) is 12.0. The van der Waals surface area contributed by atoms with Gasteiger partial charge in [0.15, 0.2) is 0 Å². The molecule has 3 aliphatic heterocycles. The normalized spacial score (nSPS) is 27.6. The van der Waals surface area contributed by atoms with Gasteiger partial charge in [0.1, 0.15) is 17.4 Å². The molecule has 0 radical (unpaired) electrons. The van der Waals surface area contributed by atoms with Crippen LogP contribution in [0.4, 0.5) is 0 Å². The van der Waals surface area contributed by atoms with Crippen molar-refractivity contribution in [2.75, 3.05) is 13.7 Å². The molecule has 5 atom stereocenters. The van der Waals surface area contributed by atoms with Gasteiger partial charge in [-0.25, -0.2) is 0 Å². The van der Waals surface area contributed by atoms with Crippen LogP contribution >= 0.6 is 11.3 Å². The molecule has 2 aromatic carbocycles. The van der Waals surface area contributed by atoms with Crippen molar-refractivity contribution in [1.82, 2.24) is 15.5 Å². The van der Waals surface area contributed by atoms with E-state index < -0.39 is 29.1 Å². The van der Waals surface area contributed by atoms with Crippen LogP contribution in [0.3, 0.4) is 0 Å². The number of benzene rings is 2. The Labute approximate surface area is 243 Å². The van der Waals surface area contributed by atoms with Crippen LogP contribution < -0.4 is 15.4 Å². The summed E-state index contributed by atoms with van der Waals surface area (Å²) in [6, 6.07) is 20.3. The van der Waals surface area contributed by atoms with Crippen molar-refractivity contribution in [3.05, 3.63) is 100 Å². The van der Waals surface area contributed by atoms with Gasteiger partial charge in [-0.05, 0) is 48.1 Å². The van der Waals surface area contributed by atoms with E-state index in [9.17, 15) is 14.4 Å². The van der Waals surface area contributed by atoms with Gasteiger partial charge < -0.3 is 25.0 Å². The van der Waals surface area contributed by atoms with Gasteiger partial charge in [0.25, 0.3) is 0 Å². The maximum atomic E-state index is 14.2. The molecule has 41 heavy (non-hydrogen) atoms. The van der Waals surface area contributed by atoms with E-state index in [1.54, 1.807) is 23.3 Å². The van der Waals surface area contributed by atoms with E-state index in [0.717, 1.165) is 21.8 Å². The summed E-state index contributed by atoms with van der Waals surface area (Å²) in [6.07, 6.45) is 4.24. The predicted molar refractivity (Wildman–Crippen MR) is 155 cm³/mol. The number of nitrogens with one attached hydrogen (secondary N) is 2. The Morgan fingerprint density at radius 3 is 2.41 bits per heavy atom. The van der Waals surface area contributed by atoms with Crippen molar-refractivity contribution >= 4 is 29.1 Å². The number of hydrogen-bond donors (Lipinski definition) is 2. The van der Waals surface area contributed by atoms with E-state index in [4.69, 9.17) is 9.47 Å². The van der Waals surface area contributed by atoms with Crippen molar-refractivity contribution in [2.45, 2.75) is 43.7 Å². The number of methoxy groups -OCH3 is 1. The van der Waals surface area contributed by atoms with Crippen molar-refractivity contribution in [3.63, 3.8) is 0 Å². The molecule has 6 rings (SSSR count). The molecule has 2 saturated heterocycles. The van der Waals surface area contributed by atoms with Gasteiger partial charge in [0, 0.05) is 18.0 Å². The third-order valence-electron chi connectivity index (χ3n) is 8.45. The van der Waals surface area contributed by atoms with E-state index in [-0.39, 0.29) is 17.7 Å². The van der Waals surface area contributed by atoms with Crippen LogP contribution in [0.15, 0.2) is 84.3 Å². The molecule has 0 aliphatic carbocycles. The first-order valence-corrected chi connectivity index (χ1v) is 14.7. The second-order valence-electron chi connectivity index (χ2n) is 11.0. The van der Waals surface area contributed by atoms with Crippen LogP contribution in [-0.2, 0) is 38.6 Å². The smallest absolute Gasteiger partial charge is 0.246 e. The lowest BCUT2D eigenvalue weighted by Crippen LogP contribution is -2.55. The molecule has 212 valence electrons. The fraction of sp³-hybridized carbons (Fsp3) is 0.344. The highest BCUT2D eigenvalue weighted by atomic mass is 32.1. The maximum absolute atomic E-state index is 14.2. The van der Waals surface area contributed by atoms with E-state index in [0.29, 0.717) is 26.1 Å². The average molecular weight is 572 g/mol. The van der Waals surface area contributed by atoms with Crippen LogP contribution in [0.1, 0.15) is 22.9 Å². The zero-order chi connectivity index (χ0) is 28.6. The minimum atomic E-state index is -1.22. The zero-order valence-electron chi connectivity index (χ0n) is 23.0. The van der Waals surface area contributed by atoms with Gasteiger partial charge in [-0.15, -0.1) is 11.3 Å². The monoisotopic (exact) mass is 571 g/mol. The molecule has 0 unspecified atom stereocenters. The standard InChI is InChI=1S/C32H33N3O5S/c1-31-15-16-32(40-31)26(25(31)28(36)34-20-24-9-6-18-41-24)30(38)35(17-14-21-10-12-23(39-2)13-11-21)27(32)29(37)33-19-22-7-4-3-5-8-22/h3-13,15-16,18,25-27H,14,17,19-20H2,1-2H3,(H,33,37)(H,34,36)/t25-,26-,27-,31+,32-/m0/s1. The van der Waals surface area contributed by atoms with Crippen LogP contribution in [0.2, 0.25) is 0 Å². The first-order chi connectivity index (χ1) is 19.8. The molecule has 4 heterocycles. The summed E-state index contributed by atoms with van der Waals surface area (Å²) in [7, 11) is 1.62. The van der Waals surface area contributed by atoms with Crippen LogP contribution in [0.5, 0.6) is 5.75 Å². The highest BCUT2D eigenvalue weighted by Crippen LogP contribution is 2.59. The number of nitrogens with zero attached hydrogens (tertiary/aromatic N) is 1. The summed E-state index contributed by atoms with van der Waals surface area (Å²) >= 11 is 1.56. The summed E-state index contributed by atoms with van der Waals surface area (Å²) in [6.45, 7) is 2.84. The lowest BCUT2D eigenvalue weighted by atomic mass is 9.70. The summed E-state index contributed by atoms with van der Waals surface area (Å²) < 4.78 is 11.9. The molecule has 8 nitrogen and oxygen atoms in total. The highest BCUT2D eigenvalue weighted by Gasteiger charge is 2.76. The van der Waals surface area contributed by atoms with Gasteiger partial charge in [-0.2, -0.15) is 0 Å². The number of likely N-dealkylation sites (tertiary alicyclic amines) is 1. The molecule has 2 bridgehead atoms. The summed E-state index contributed by atoms with van der Waals surface area (Å²) in [4.78, 5) is 44.4. The van der Waals surface area contributed by atoms with Crippen molar-refractivity contribution in [2.24, 2.45) is 11.8 Å². The Hall–Kier alpha value is -3.95. The van der Waals surface area contributed by atoms with Crippen LogP contribution in [-0.4, -0.2) is 53.5 Å². The van der Waals surface area contributed by atoms with E-state index in [2.05, 4.69) is 10.6 Å². The van der Waals surface area contributed by atoms with Gasteiger partial charge in [-0.3, -0.25) is 14.4 Å². The Balaban J connectivity index is 1.28. The minimum Gasteiger partial charge on any atom is -0.497 e. The Morgan fingerprint density at radius 2 is 1.71 bits per heavy atom. The molecule has 3 aromatic rings. The number of carbonyl (C=O) groups is 3. The quantitative estimate of drug-likeness (QED) is 0.364. The molecule has 1 spiro atoms. The number of ether oxygens (including phenoxy) is 2. The van der Waals surface area contributed by atoms with E-state index >= 15 is 0 Å². The van der Waals surface area contributed by atoms with Gasteiger partial charge in [-0.1, -0.05) is 60.7 Å². The summed E-state index contributed by atoms with van der Waals surface area (Å²) in [5.74, 6) is -1.58. The number of thiophene rings is 1. The van der Waals surface area contributed by atoms with Gasteiger partial charge in [0.05, 0.1) is 31.1 Å². The molecule has 9 heteroatoms. The second kappa shape index (κ2) is 10.8. The van der Waals surface area contributed by atoms with Gasteiger partial charge in [0.2, 0.25) is 17.7 Å². The lowest BCUT2D eigenvalue weighted by Gasteiger charge is -2.33. The number of fused-ring (bicyclic) bond motifs is 1. The first-order valence-electron chi connectivity index (χ1n) is 13.8. The fourth-order valence-corrected chi connectivity index (χ4v) is 7.14. The lowest BCUT2D eigenvalue weighted by molar-refractivity contribution is -0.145. The SMILES string of the molecule is COc1ccc(CCN2C(=O)[C@@H]3[C@@H](C(=O)NCc4cccs4)[C@@]4(C)C=C[C@@]3(O4)[C@@H]2C(=O)NCc2ccccc2)cc1. The molecule has 0 saturated carbocycles. The Kier molecular flexibility index (Phi) is 7.17. The Bertz CT molecular complexity index is 1460. The van der Waals surface area contributed by atoms with E-state index in [1.165, 1.54) is 0 Å². The summed E-state index contributed by atoms with van der Waals surface area (Å²) in [5, 5.41) is 8.01.